The lowest BCUT2D eigenvalue weighted by atomic mass is 10.1. The molecule has 0 unspecified atom stereocenters. The third kappa shape index (κ3) is 15.2. The zero-order valence-electron chi connectivity index (χ0n) is 20.8. The number of nitrogens with one attached hydrogen (secondary N) is 2. The molecule has 0 radical (unpaired) electrons. The van der Waals surface area contributed by atoms with Gasteiger partial charge in [-0.15, -0.1) is 0 Å². The molecule has 0 saturated heterocycles. The molecular weight excluding hydrogens is 424 g/mol. The van der Waals surface area contributed by atoms with E-state index in [1.807, 2.05) is 13.8 Å². The first-order valence-corrected chi connectivity index (χ1v) is 11.0. The molecule has 0 saturated carbocycles. The summed E-state index contributed by atoms with van der Waals surface area (Å²) in [6.45, 7) is 9.84. The SMILES string of the molecule is CC.CCCC.CN[C@@H](Cc1ccc(O)c(O)c1)C(=O)O.COc1ccc(NC(C)=O)cc1. The maximum Gasteiger partial charge on any atom is 0.321 e. The van der Waals surface area contributed by atoms with Crippen LogP contribution >= 0.6 is 0 Å². The standard InChI is InChI=1S/C10H13NO4.C9H11NO2.C4H10.C2H6/c1-11-7(10(14)15)4-6-2-3-8(12)9(13)5-6;1-7(11)10-8-3-5-9(12-2)6-4-8;1-3-4-2;1-2/h2-3,5,7,11-13H,4H2,1H3,(H,14,15);3-6H,1-2H3,(H,10,11);3-4H2,1-2H3;1-2H3/t7-;;;/m0.../s1. The number of rotatable bonds is 7. The van der Waals surface area contributed by atoms with E-state index < -0.39 is 12.0 Å². The highest BCUT2D eigenvalue weighted by Gasteiger charge is 2.15. The molecule has 0 spiro atoms. The van der Waals surface area contributed by atoms with Crippen LogP contribution in [0.2, 0.25) is 0 Å². The number of phenols is 2. The van der Waals surface area contributed by atoms with E-state index in [4.69, 9.17) is 14.9 Å². The maximum atomic E-state index is 10.7. The van der Waals surface area contributed by atoms with Crippen molar-refractivity contribution in [2.24, 2.45) is 0 Å². The fraction of sp³-hybridized carbons (Fsp3) is 0.440. The lowest BCUT2D eigenvalue weighted by Crippen LogP contribution is -2.35. The van der Waals surface area contributed by atoms with Crippen molar-refractivity contribution in [2.45, 2.75) is 59.9 Å². The van der Waals surface area contributed by atoms with E-state index in [2.05, 4.69) is 24.5 Å². The lowest BCUT2D eigenvalue weighted by molar-refractivity contribution is -0.139. The number of carboxylic acids is 1. The number of methoxy groups -OCH3 is 1. The molecule has 1 atom stereocenters. The summed E-state index contributed by atoms with van der Waals surface area (Å²) in [5.74, 6) is -0.697. The number of aliphatic carboxylic acids is 1. The minimum Gasteiger partial charge on any atom is -0.504 e. The minimum absolute atomic E-state index is 0.0693. The molecule has 2 aromatic carbocycles. The Labute approximate surface area is 197 Å². The van der Waals surface area contributed by atoms with Crippen LogP contribution in [0.1, 0.15) is 53.0 Å². The second kappa shape index (κ2) is 19.4. The predicted molar refractivity (Wildman–Crippen MR) is 133 cm³/mol. The first kappa shape index (κ1) is 31.9. The number of carbonyl (C=O) groups is 2. The van der Waals surface area contributed by atoms with Gasteiger partial charge in [-0.3, -0.25) is 9.59 Å². The Balaban J connectivity index is 0. The van der Waals surface area contributed by atoms with Crippen LogP contribution in [0.25, 0.3) is 0 Å². The fourth-order valence-corrected chi connectivity index (χ4v) is 2.12. The smallest absolute Gasteiger partial charge is 0.321 e. The highest BCUT2D eigenvalue weighted by molar-refractivity contribution is 5.88. The average Bonchev–Trinajstić information content (AvgIpc) is 2.81. The maximum absolute atomic E-state index is 10.7. The molecule has 8 heteroatoms. The van der Waals surface area contributed by atoms with Gasteiger partial charge < -0.3 is 30.7 Å². The van der Waals surface area contributed by atoms with E-state index in [-0.39, 0.29) is 23.8 Å². The summed E-state index contributed by atoms with van der Waals surface area (Å²) in [5.41, 5.74) is 1.43. The molecule has 0 aliphatic carbocycles. The molecule has 0 heterocycles. The Morgan fingerprint density at radius 2 is 1.52 bits per heavy atom. The fourth-order valence-electron chi connectivity index (χ4n) is 2.12. The topological polar surface area (TPSA) is 128 Å². The summed E-state index contributed by atoms with van der Waals surface area (Å²) in [6, 6.07) is 10.7. The summed E-state index contributed by atoms with van der Waals surface area (Å²) in [6.07, 6.45) is 2.89. The van der Waals surface area contributed by atoms with Crippen molar-refractivity contribution in [1.82, 2.24) is 5.32 Å². The normalized spacial score (nSPS) is 10.0. The Hall–Kier alpha value is -3.26. The van der Waals surface area contributed by atoms with Crippen molar-refractivity contribution in [3.05, 3.63) is 48.0 Å². The number of unbranched alkanes of at least 4 members (excludes halogenated alkanes) is 1. The number of carboxylic acid groups (broad SMARTS) is 1. The van der Waals surface area contributed by atoms with Crippen molar-refractivity contribution in [2.75, 3.05) is 19.5 Å². The predicted octanol–water partition coefficient (Wildman–Crippen LogP) is 4.80. The van der Waals surface area contributed by atoms with Crippen molar-refractivity contribution in [1.29, 1.82) is 0 Å². The van der Waals surface area contributed by atoms with E-state index in [1.165, 1.54) is 31.9 Å². The van der Waals surface area contributed by atoms with Crippen LogP contribution in [0, 0.1) is 0 Å². The van der Waals surface area contributed by atoms with Crippen molar-refractivity contribution in [3.63, 3.8) is 0 Å². The molecule has 1 amide bonds. The minimum atomic E-state index is -0.954. The summed E-state index contributed by atoms with van der Waals surface area (Å²) in [5, 5.41) is 32.4. The number of aromatic hydroxyl groups is 2. The number of amides is 1. The molecule has 0 aliphatic heterocycles. The van der Waals surface area contributed by atoms with E-state index in [0.29, 0.717) is 5.56 Å². The van der Waals surface area contributed by atoms with E-state index in [0.717, 1.165) is 11.4 Å². The quantitative estimate of drug-likeness (QED) is 0.372. The van der Waals surface area contributed by atoms with Crippen LogP contribution in [-0.4, -0.2) is 47.4 Å². The van der Waals surface area contributed by atoms with E-state index >= 15 is 0 Å². The zero-order chi connectivity index (χ0) is 25.8. The second-order valence-corrected chi connectivity index (χ2v) is 6.62. The number of carbonyl (C=O) groups excluding carboxylic acids is 1. The van der Waals surface area contributed by atoms with Crippen molar-refractivity contribution < 1.29 is 29.6 Å². The van der Waals surface area contributed by atoms with Gasteiger partial charge in [0.1, 0.15) is 11.8 Å². The van der Waals surface area contributed by atoms with Gasteiger partial charge in [0, 0.05) is 12.6 Å². The van der Waals surface area contributed by atoms with Crippen LogP contribution in [0.15, 0.2) is 42.5 Å². The molecule has 33 heavy (non-hydrogen) atoms. The molecule has 2 rings (SSSR count). The van der Waals surface area contributed by atoms with Gasteiger partial charge in [0.05, 0.1) is 7.11 Å². The van der Waals surface area contributed by atoms with Gasteiger partial charge >= 0.3 is 5.97 Å². The van der Waals surface area contributed by atoms with Gasteiger partial charge in [0.2, 0.25) is 5.91 Å². The molecule has 0 bridgehead atoms. The van der Waals surface area contributed by atoms with Gasteiger partial charge in [0.15, 0.2) is 11.5 Å². The van der Waals surface area contributed by atoms with Gasteiger partial charge in [-0.05, 0) is 55.4 Å². The largest absolute Gasteiger partial charge is 0.504 e. The first-order valence-electron chi connectivity index (χ1n) is 11.0. The molecular formula is C25H40N2O6. The van der Waals surface area contributed by atoms with Crippen LogP contribution in [-0.2, 0) is 16.0 Å². The zero-order valence-corrected chi connectivity index (χ0v) is 20.8. The monoisotopic (exact) mass is 464 g/mol. The number of benzene rings is 2. The average molecular weight is 465 g/mol. The molecule has 186 valence electrons. The molecule has 8 nitrogen and oxygen atoms in total. The summed E-state index contributed by atoms with van der Waals surface area (Å²) >= 11 is 0. The summed E-state index contributed by atoms with van der Waals surface area (Å²) in [7, 11) is 3.16. The Bertz CT molecular complexity index is 792. The highest BCUT2D eigenvalue weighted by Crippen LogP contribution is 2.25. The molecule has 0 aliphatic rings. The lowest BCUT2D eigenvalue weighted by Gasteiger charge is -2.11. The van der Waals surface area contributed by atoms with Crippen LogP contribution in [0.3, 0.4) is 0 Å². The highest BCUT2D eigenvalue weighted by atomic mass is 16.5. The van der Waals surface area contributed by atoms with Gasteiger partial charge in [0.25, 0.3) is 0 Å². The van der Waals surface area contributed by atoms with Gasteiger partial charge in [-0.1, -0.05) is 46.6 Å². The molecule has 5 N–H and O–H groups in total. The first-order chi connectivity index (χ1) is 15.7. The van der Waals surface area contributed by atoms with Gasteiger partial charge in [-0.25, -0.2) is 0 Å². The number of likely N-dealkylation sites (N-methyl/N-ethyl adjacent to an activating group) is 1. The number of hydrogen-bond acceptors (Lipinski definition) is 6. The number of anilines is 1. The Morgan fingerprint density at radius 3 is 1.88 bits per heavy atom. The Morgan fingerprint density at radius 1 is 0.970 bits per heavy atom. The number of phenolic OH excluding ortho intramolecular Hbond substituents is 2. The third-order valence-electron chi connectivity index (χ3n) is 4.04. The molecule has 0 fully saturated rings. The number of hydrogen-bond donors (Lipinski definition) is 5. The summed E-state index contributed by atoms with van der Waals surface area (Å²) < 4.78 is 4.96. The van der Waals surface area contributed by atoms with Crippen molar-refractivity contribution in [3.8, 4) is 17.2 Å². The Kier molecular flexibility index (Phi) is 18.8. The van der Waals surface area contributed by atoms with Crippen LogP contribution < -0.4 is 15.4 Å². The van der Waals surface area contributed by atoms with E-state index in [1.54, 1.807) is 44.5 Å². The van der Waals surface area contributed by atoms with Crippen molar-refractivity contribution >= 4 is 17.6 Å². The van der Waals surface area contributed by atoms with Gasteiger partial charge in [-0.2, -0.15) is 0 Å². The number of ether oxygens (including phenoxy) is 1. The molecule has 2 aromatic rings. The second-order valence-electron chi connectivity index (χ2n) is 6.62. The van der Waals surface area contributed by atoms with E-state index in [9.17, 15) is 14.7 Å². The van der Waals surface area contributed by atoms with Crippen LogP contribution in [0.5, 0.6) is 17.2 Å². The summed E-state index contributed by atoms with van der Waals surface area (Å²) in [4.78, 5) is 21.3. The third-order valence-corrected chi connectivity index (χ3v) is 4.04. The van der Waals surface area contributed by atoms with Crippen LogP contribution in [0.4, 0.5) is 5.69 Å². The molecule has 0 aromatic heterocycles.